The van der Waals surface area contributed by atoms with Gasteiger partial charge in [0.2, 0.25) is 0 Å². The maximum atomic E-state index is 12.6. The van der Waals surface area contributed by atoms with Crippen LogP contribution < -0.4 is 10.2 Å². The molecule has 6 nitrogen and oxygen atoms in total. The second-order valence-electron chi connectivity index (χ2n) is 7.63. The fourth-order valence-corrected chi connectivity index (χ4v) is 3.89. The standard InChI is InChI=1S/C24H23N5O/c30-24(22-16-18-6-2-3-7-20(18)26-22)25-19-10-8-17(9-11-19)21-12-13-23(28-27-21)29-14-4-1-5-15-29/h2-3,6-13,16,26H,1,4-5,14-15H2,(H,25,30). The lowest BCUT2D eigenvalue weighted by Gasteiger charge is -2.27. The molecule has 4 aromatic rings. The summed E-state index contributed by atoms with van der Waals surface area (Å²) < 4.78 is 0. The molecule has 1 saturated heterocycles. The molecule has 0 saturated carbocycles. The van der Waals surface area contributed by atoms with Gasteiger partial charge in [0.05, 0.1) is 5.69 Å². The van der Waals surface area contributed by atoms with Gasteiger partial charge in [-0.25, -0.2) is 0 Å². The van der Waals surface area contributed by atoms with Crippen LogP contribution in [0.4, 0.5) is 11.5 Å². The molecule has 0 unspecified atom stereocenters. The van der Waals surface area contributed by atoms with Crippen LogP contribution in [0.3, 0.4) is 0 Å². The molecule has 1 aliphatic rings. The highest BCUT2D eigenvalue weighted by molar-refractivity contribution is 6.06. The Bertz CT molecular complexity index is 1130. The lowest BCUT2D eigenvalue weighted by Crippen LogP contribution is -2.30. The Kier molecular flexibility index (Phi) is 4.89. The van der Waals surface area contributed by atoms with Crippen LogP contribution in [-0.4, -0.2) is 34.2 Å². The number of piperidine rings is 1. The molecule has 1 aliphatic heterocycles. The van der Waals surface area contributed by atoms with Gasteiger partial charge in [0.1, 0.15) is 5.69 Å². The largest absolute Gasteiger partial charge is 0.355 e. The monoisotopic (exact) mass is 397 g/mol. The van der Waals surface area contributed by atoms with Crippen LogP contribution in [0.5, 0.6) is 0 Å². The van der Waals surface area contributed by atoms with Crippen LogP contribution in [0.2, 0.25) is 0 Å². The van der Waals surface area contributed by atoms with E-state index in [1.54, 1.807) is 0 Å². The van der Waals surface area contributed by atoms with E-state index in [0.29, 0.717) is 5.69 Å². The molecule has 0 aliphatic carbocycles. The number of nitrogens with one attached hydrogen (secondary N) is 2. The molecule has 3 heterocycles. The Balaban J connectivity index is 1.27. The van der Waals surface area contributed by atoms with E-state index in [9.17, 15) is 4.79 Å². The van der Waals surface area contributed by atoms with Crippen LogP contribution in [0.25, 0.3) is 22.2 Å². The van der Waals surface area contributed by atoms with Crippen LogP contribution in [0.15, 0.2) is 66.7 Å². The predicted octanol–water partition coefficient (Wildman–Crippen LogP) is 4.87. The van der Waals surface area contributed by atoms with Crippen molar-refractivity contribution in [2.45, 2.75) is 19.3 Å². The highest BCUT2D eigenvalue weighted by atomic mass is 16.1. The normalized spacial score (nSPS) is 14.1. The van der Waals surface area contributed by atoms with Crippen molar-refractivity contribution in [1.82, 2.24) is 15.2 Å². The van der Waals surface area contributed by atoms with Gasteiger partial charge in [-0.3, -0.25) is 4.79 Å². The lowest BCUT2D eigenvalue weighted by atomic mass is 10.1. The quantitative estimate of drug-likeness (QED) is 0.515. The summed E-state index contributed by atoms with van der Waals surface area (Å²) in [7, 11) is 0. The summed E-state index contributed by atoms with van der Waals surface area (Å²) in [5, 5.41) is 12.8. The Morgan fingerprint density at radius 2 is 1.70 bits per heavy atom. The molecule has 1 fully saturated rings. The van der Waals surface area contributed by atoms with Gasteiger partial charge in [0.25, 0.3) is 5.91 Å². The van der Waals surface area contributed by atoms with E-state index in [0.717, 1.165) is 46.8 Å². The summed E-state index contributed by atoms with van der Waals surface area (Å²) in [5.41, 5.74) is 4.02. The number of aromatic amines is 1. The lowest BCUT2D eigenvalue weighted by molar-refractivity contribution is 0.102. The molecule has 1 amide bonds. The van der Waals surface area contributed by atoms with E-state index in [1.807, 2.05) is 66.7 Å². The molecule has 0 spiro atoms. The molecule has 30 heavy (non-hydrogen) atoms. The third-order valence-electron chi connectivity index (χ3n) is 5.54. The van der Waals surface area contributed by atoms with E-state index in [2.05, 4.69) is 25.4 Å². The summed E-state index contributed by atoms with van der Waals surface area (Å²) >= 11 is 0. The minimum absolute atomic E-state index is 0.162. The van der Waals surface area contributed by atoms with Crippen LogP contribution in [0, 0.1) is 0 Å². The average molecular weight is 397 g/mol. The summed E-state index contributed by atoms with van der Waals surface area (Å²) in [4.78, 5) is 18.0. The van der Waals surface area contributed by atoms with E-state index < -0.39 is 0 Å². The van der Waals surface area contributed by atoms with Crippen molar-refractivity contribution in [2.75, 3.05) is 23.3 Å². The highest BCUT2D eigenvalue weighted by Gasteiger charge is 2.13. The number of hydrogen-bond acceptors (Lipinski definition) is 4. The SMILES string of the molecule is O=C(Nc1ccc(-c2ccc(N3CCCCC3)nn2)cc1)c1cc2ccccc2[nH]1. The molecule has 0 atom stereocenters. The molecule has 0 radical (unpaired) electrons. The van der Waals surface area contributed by atoms with Crippen molar-refractivity contribution in [2.24, 2.45) is 0 Å². The van der Waals surface area contributed by atoms with Crippen LogP contribution in [-0.2, 0) is 0 Å². The van der Waals surface area contributed by atoms with Crippen LogP contribution in [0.1, 0.15) is 29.8 Å². The van der Waals surface area contributed by atoms with Crippen molar-refractivity contribution >= 4 is 28.3 Å². The fraction of sp³-hybridized carbons (Fsp3) is 0.208. The number of para-hydroxylation sites is 1. The van der Waals surface area contributed by atoms with E-state index in [-0.39, 0.29) is 5.91 Å². The van der Waals surface area contributed by atoms with Crippen molar-refractivity contribution in [3.05, 3.63) is 72.4 Å². The predicted molar refractivity (Wildman–Crippen MR) is 120 cm³/mol. The Morgan fingerprint density at radius 1 is 0.900 bits per heavy atom. The molecule has 6 heteroatoms. The summed E-state index contributed by atoms with van der Waals surface area (Å²) in [6.07, 6.45) is 3.73. The topological polar surface area (TPSA) is 73.9 Å². The zero-order chi connectivity index (χ0) is 20.3. The molecular weight excluding hydrogens is 374 g/mol. The molecular formula is C24H23N5O. The number of hydrogen-bond donors (Lipinski definition) is 2. The Hall–Kier alpha value is -3.67. The van der Waals surface area contributed by atoms with E-state index >= 15 is 0 Å². The highest BCUT2D eigenvalue weighted by Crippen LogP contribution is 2.23. The number of aromatic nitrogens is 3. The number of nitrogens with zero attached hydrogens (tertiary/aromatic N) is 3. The van der Waals surface area contributed by atoms with Gasteiger partial charge in [-0.05, 0) is 55.7 Å². The molecule has 5 rings (SSSR count). The number of benzene rings is 2. The van der Waals surface area contributed by atoms with Gasteiger partial charge in [-0.1, -0.05) is 30.3 Å². The number of anilines is 2. The summed E-state index contributed by atoms with van der Waals surface area (Å²) in [5.74, 6) is 0.783. The first-order valence-electron chi connectivity index (χ1n) is 10.3. The van der Waals surface area contributed by atoms with Crippen molar-refractivity contribution in [3.8, 4) is 11.3 Å². The van der Waals surface area contributed by atoms with Crippen molar-refractivity contribution < 1.29 is 4.79 Å². The van der Waals surface area contributed by atoms with Gasteiger partial charge >= 0.3 is 0 Å². The molecule has 0 bridgehead atoms. The molecule has 2 N–H and O–H groups in total. The summed E-state index contributed by atoms with van der Waals surface area (Å²) in [6.45, 7) is 2.11. The van der Waals surface area contributed by atoms with Gasteiger partial charge in [0.15, 0.2) is 5.82 Å². The van der Waals surface area contributed by atoms with Crippen molar-refractivity contribution in [3.63, 3.8) is 0 Å². The van der Waals surface area contributed by atoms with Gasteiger partial charge in [-0.15, -0.1) is 10.2 Å². The second-order valence-corrected chi connectivity index (χ2v) is 7.63. The van der Waals surface area contributed by atoms with Crippen LogP contribution >= 0.6 is 0 Å². The first-order chi connectivity index (χ1) is 14.8. The van der Waals surface area contributed by atoms with E-state index in [1.165, 1.54) is 19.3 Å². The minimum Gasteiger partial charge on any atom is -0.355 e. The number of H-pyrrole nitrogens is 1. The molecule has 2 aromatic heterocycles. The fourth-order valence-electron chi connectivity index (χ4n) is 3.89. The third-order valence-corrected chi connectivity index (χ3v) is 5.54. The van der Waals surface area contributed by atoms with Gasteiger partial charge in [-0.2, -0.15) is 0 Å². The average Bonchev–Trinajstić information content (AvgIpc) is 3.25. The van der Waals surface area contributed by atoms with Gasteiger partial charge in [0, 0.05) is 35.2 Å². The Labute approximate surface area is 174 Å². The zero-order valence-electron chi connectivity index (χ0n) is 16.6. The maximum Gasteiger partial charge on any atom is 0.272 e. The Morgan fingerprint density at radius 3 is 2.43 bits per heavy atom. The second kappa shape index (κ2) is 7.99. The first-order valence-corrected chi connectivity index (χ1v) is 10.3. The minimum atomic E-state index is -0.162. The zero-order valence-corrected chi connectivity index (χ0v) is 16.6. The number of carbonyl (C=O) groups excluding carboxylic acids is 1. The first kappa shape index (κ1) is 18.4. The number of rotatable bonds is 4. The number of amides is 1. The van der Waals surface area contributed by atoms with E-state index in [4.69, 9.17) is 0 Å². The molecule has 150 valence electrons. The van der Waals surface area contributed by atoms with Crippen molar-refractivity contribution in [1.29, 1.82) is 0 Å². The number of carbonyl (C=O) groups is 1. The smallest absolute Gasteiger partial charge is 0.272 e. The maximum absolute atomic E-state index is 12.6. The molecule has 2 aromatic carbocycles. The third kappa shape index (κ3) is 3.76. The van der Waals surface area contributed by atoms with Gasteiger partial charge < -0.3 is 15.2 Å². The number of fused-ring (bicyclic) bond motifs is 1. The summed E-state index contributed by atoms with van der Waals surface area (Å²) in [6, 6.07) is 21.4.